The standard InChI is InChI=1S/C22H24N2O6/c1-2-28-18-11-9-17(10-12-18)24-21(26)15-5-7-16(8-6-15)23-20(25)14-30-22(27)19-4-3-13-29-19/h5-12,19H,2-4,13-14H2,1H3,(H,23,25)(H,24,26)/t19-/m0/s1. The van der Waals surface area contributed by atoms with Gasteiger partial charge in [0.2, 0.25) is 0 Å². The van der Waals surface area contributed by atoms with E-state index in [-0.39, 0.29) is 5.91 Å². The highest BCUT2D eigenvalue weighted by Gasteiger charge is 2.25. The zero-order valence-corrected chi connectivity index (χ0v) is 16.7. The molecular weight excluding hydrogens is 388 g/mol. The third kappa shape index (κ3) is 6.05. The molecule has 30 heavy (non-hydrogen) atoms. The van der Waals surface area contributed by atoms with Gasteiger partial charge in [-0.2, -0.15) is 0 Å². The Hall–Kier alpha value is -3.39. The van der Waals surface area contributed by atoms with Crippen LogP contribution in [-0.4, -0.2) is 43.7 Å². The van der Waals surface area contributed by atoms with Crippen molar-refractivity contribution in [1.82, 2.24) is 0 Å². The molecular formula is C22H24N2O6. The van der Waals surface area contributed by atoms with Crippen molar-refractivity contribution in [3.05, 3.63) is 54.1 Å². The average Bonchev–Trinajstić information content (AvgIpc) is 3.29. The fourth-order valence-electron chi connectivity index (χ4n) is 2.90. The maximum absolute atomic E-state index is 12.4. The Morgan fingerprint density at radius 3 is 2.30 bits per heavy atom. The van der Waals surface area contributed by atoms with Crippen LogP contribution in [0.5, 0.6) is 5.75 Å². The molecule has 8 nitrogen and oxygen atoms in total. The zero-order valence-electron chi connectivity index (χ0n) is 16.7. The lowest BCUT2D eigenvalue weighted by atomic mass is 10.2. The van der Waals surface area contributed by atoms with E-state index < -0.39 is 24.6 Å². The highest BCUT2D eigenvalue weighted by molar-refractivity contribution is 6.04. The Balaban J connectivity index is 1.47. The lowest BCUT2D eigenvalue weighted by Crippen LogP contribution is -2.27. The van der Waals surface area contributed by atoms with Crippen LogP contribution in [0.15, 0.2) is 48.5 Å². The molecule has 0 aliphatic carbocycles. The quantitative estimate of drug-likeness (QED) is 0.646. The minimum Gasteiger partial charge on any atom is -0.494 e. The van der Waals surface area contributed by atoms with E-state index in [1.807, 2.05) is 6.92 Å². The Labute approximate surface area is 174 Å². The van der Waals surface area contributed by atoms with Crippen molar-refractivity contribution in [3.8, 4) is 5.75 Å². The van der Waals surface area contributed by atoms with E-state index in [1.165, 1.54) is 0 Å². The smallest absolute Gasteiger partial charge is 0.335 e. The van der Waals surface area contributed by atoms with Gasteiger partial charge in [0.1, 0.15) is 5.75 Å². The molecule has 3 rings (SSSR count). The molecule has 158 valence electrons. The molecule has 8 heteroatoms. The van der Waals surface area contributed by atoms with Crippen LogP contribution >= 0.6 is 0 Å². The van der Waals surface area contributed by atoms with E-state index in [0.29, 0.717) is 36.6 Å². The van der Waals surface area contributed by atoms with Gasteiger partial charge in [0, 0.05) is 23.5 Å². The Bertz CT molecular complexity index is 874. The molecule has 1 heterocycles. The predicted octanol–water partition coefficient (Wildman–Crippen LogP) is 3.00. The Kier molecular flexibility index (Phi) is 7.40. The molecule has 0 radical (unpaired) electrons. The summed E-state index contributed by atoms with van der Waals surface area (Å²) in [6, 6.07) is 13.5. The van der Waals surface area contributed by atoms with E-state index in [9.17, 15) is 14.4 Å². The summed E-state index contributed by atoms with van der Waals surface area (Å²) >= 11 is 0. The van der Waals surface area contributed by atoms with Crippen LogP contribution < -0.4 is 15.4 Å². The first-order chi connectivity index (χ1) is 14.5. The normalized spacial score (nSPS) is 15.3. The van der Waals surface area contributed by atoms with Crippen molar-refractivity contribution in [1.29, 1.82) is 0 Å². The van der Waals surface area contributed by atoms with Crippen LogP contribution in [0.1, 0.15) is 30.1 Å². The van der Waals surface area contributed by atoms with Crippen molar-refractivity contribution >= 4 is 29.2 Å². The third-order valence-corrected chi connectivity index (χ3v) is 4.39. The fourth-order valence-corrected chi connectivity index (χ4v) is 2.90. The van der Waals surface area contributed by atoms with Gasteiger partial charge in [0.05, 0.1) is 6.61 Å². The maximum atomic E-state index is 12.4. The van der Waals surface area contributed by atoms with Crippen LogP contribution in [0.4, 0.5) is 11.4 Å². The summed E-state index contributed by atoms with van der Waals surface area (Å²) in [7, 11) is 0. The highest BCUT2D eigenvalue weighted by Crippen LogP contribution is 2.17. The molecule has 2 N–H and O–H groups in total. The van der Waals surface area contributed by atoms with Crippen LogP contribution in [0.25, 0.3) is 0 Å². The van der Waals surface area contributed by atoms with Crippen molar-refractivity contribution in [2.75, 3.05) is 30.5 Å². The number of benzene rings is 2. The van der Waals surface area contributed by atoms with E-state index in [2.05, 4.69) is 10.6 Å². The summed E-state index contributed by atoms with van der Waals surface area (Å²) in [5.74, 6) is -0.531. The van der Waals surface area contributed by atoms with Gasteiger partial charge >= 0.3 is 5.97 Å². The molecule has 0 saturated carbocycles. The number of ether oxygens (including phenoxy) is 3. The Morgan fingerprint density at radius 2 is 1.67 bits per heavy atom. The number of rotatable bonds is 8. The summed E-state index contributed by atoms with van der Waals surface area (Å²) in [4.78, 5) is 36.1. The molecule has 1 aliphatic rings. The highest BCUT2D eigenvalue weighted by atomic mass is 16.6. The number of anilines is 2. The number of hydrogen-bond acceptors (Lipinski definition) is 6. The molecule has 2 amide bonds. The monoisotopic (exact) mass is 412 g/mol. The molecule has 2 aromatic carbocycles. The summed E-state index contributed by atoms with van der Waals surface area (Å²) < 4.78 is 15.5. The van der Waals surface area contributed by atoms with Gasteiger partial charge in [-0.1, -0.05) is 0 Å². The topological polar surface area (TPSA) is 103 Å². The van der Waals surface area contributed by atoms with Gasteiger partial charge < -0.3 is 24.8 Å². The van der Waals surface area contributed by atoms with Crippen molar-refractivity contribution < 1.29 is 28.6 Å². The first-order valence-electron chi connectivity index (χ1n) is 9.77. The number of carbonyl (C=O) groups is 3. The molecule has 1 aliphatic heterocycles. The maximum Gasteiger partial charge on any atom is 0.335 e. The largest absolute Gasteiger partial charge is 0.494 e. The van der Waals surface area contributed by atoms with E-state index in [1.54, 1.807) is 48.5 Å². The first kappa shape index (κ1) is 21.3. The van der Waals surface area contributed by atoms with E-state index in [4.69, 9.17) is 14.2 Å². The van der Waals surface area contributed by atoms with Crippen molar-refractivity contribution in [3.63, 3.8) is 0 Å². The van der Waals surface area contributed by atoms with Crippen molar-refractivity contribution in [2.45, 2.75) is 25.9 Å². The van der Waals surface area contributed by atoms with Crippen LogP contribution in [0, 0.1) is 0 Å². The van der Waals surface area contributed by atoms with Gasteiger partial charge in [-0.25, -0.2) is 4.79 Å². The SMILES string of the molecule is CCOc1ccc(NC(=O)c2ccc(NC(=O)COC(=O)[C@@H]3CCCO3)cc2)cc1. The van der Waals surface area contributed by atoms with Gasteiger partial charge in [-0.3, -0.25) is 9.59 Å². The number of amides is 2. The third-order valence-electron chi connectivity index (χ3n) is 4.39. The average molecular weight is 412 g/mol. The van der Waals surface area contributed by atoms with Gasteiger partial charge in [-0.15, -0.1) is 0 Å². The second kappa shape index (κ2) is 10.4. The fraction of sp³-hybridized carbons (Fsp3) is 0.318. The minimum absolute atomic E-state index is 0.275. The van der Waals surface area contributed by atoms with Gasteiger partial charge in [0.15, 0.2) is 12.7 Å². The molecule has 0 spiro atoms. The second-order valence-corrected chi connectivity index (χ2v) is 6.65. The van der Waals surface area contributed by atoms with Crippen LogP contribution in [0.2, 0.25) is 0 Å². The second-order valence-electron chi connectivity index (χ2n) is 6.65. The molecule has 1 atom stereocenters. The van der Waals surface area contributed by atoms with Gasteiger partial charge in [0.25, 0.3) is 11.8 Å². The first-order valence-corrected chi connectivity index (χ1v) is 9.77. The summed E-state index contributed by atoms with van der Waals surface area (Å²) in [5, 5.41) is 5.42. The molecule has 0 unspecified atom stereocenters. The van der Waals surface area contributed by atoms with E-state index in [0.717, 1.165) is 12.2 Å². The van der Waals surface area contributed by atoms with Crippen LogP contribution in [-0.2, 0) is 19.1 Å². The molecule has 1 fully saturated rings. The summed E-state index contributed by atoms with van der Waals surface area (Å²) in [6.45, 7) is 2.62. The number of hydrogen-bond donors (Lipinski definition) is 2. The molecule has 0 bridgehead atoms. The summed E-state index contributed by atoms with van der Waals surface area (Å²) in [6.07, 6.45) is 0.844. The number of carbonyl (C=O) groups excluding carboxylic acids is 3. The van der Waals surface area contributed by atoms with E-state index >= 15 is 0 Å². The molecule has 2 aromatic rings. The summed E-state index contributed by atoms with van der Waals surface area (Å²) in [5.41, 5.74) is 1.58. The minimum atomic E-state index is -0.578. The zero-order chi connectivity index (χ0) is 21.3. The van der Waals surface area contributed by atoms with Crippen LogP contribution in [0.3, 0.4) is 0 Å². The van der Waals surface area contributed by atoms with Crippen molar-refractivity contribution in [2.24, 2.45) is 0 Å². The Morgan fingerprint density at radius 1 is 1.00 bits per heavy atom. The lowest BCUT2D eigenvalue weighted by Gasteiger charge is -2.10. The number of esters is 1. The predicted molar refractivity (Wildman–Crippen MR) is 111 cm³/mol. The molecule has 1 saturated heterocycles. The number of nitrogens with one attached hydrogen (secondary N) is 2. The van der Waals surface area contributed by atoms with Gasteiger partial charge in [-0.05, 0) is 68.3 Å². The lowest BCUT2D eigenvalue weighted by molar-refractivity contribution is -0.156. The molecule has 0 aromatic heterocycles.